The van der Waals surface area contributed by atoms with Crippen LogP contribution < -0.4 is 10.5 Å². The van der Waals surface area contributed by atoms with E-state index in [2.05, 4.69) is 4.72 Å². The van der Waals surface area contributed by atoms with Crippen molar-refractivity contribution in [1.82, 2.24) is 9.29 Å². The summed E-state index contributed by atoms with van der Waals surface area (Å²) in [4.78, 5) is 0.290. The fourth-order valence-corrected chi connectivity index (χ4v) is 3.09. The molecule has 0 amide bonds. The van der Waals surface area contributed by atoms with Gasteiger partial charge >= 0.3 is 0 Å². The van der Waals surface area contributed by atoms with E-state index in [4.69, 9.17) is 10.5 Å². The van der Waals surface area contributed by atoms with Gasteiger partial charge in [0.05, 0.1) is 4.90 Å². The number of rotatable bonds is 10. The van der Waals surface area contributed by atoms with Crippen molar-refractivity contribution >= 4 is 10.0 Å². The maximum atomic E-state index is 12.2. The highest BCUT2D eigenvalue weighted by molar-refractivity contribution is 7.89. The van der Waals surface area contributed by atoms with Crippen LogP contribution in [0.25, 0.3) is 0 Å². The summed E-state index contributed by atoms with van der Waals surface area (Å²) in [6.07, 6.45) is 4.19. The Kier molecular flexibility index (Phi) is 7.22. The Bertz CT molecular complexity index is 497. The van der Waals surface area contributed by atoms with Gasteiger partial charge < -0.3 is 15.0 Å². The second-order valence-electron chi connectivity index (χ2n) is 4.66. The standard InChI is InChI=1S/C13H25N3O3S/c1-3-7-16-11-13(9-12(16)10-14)20(17,18)15-6-4-5-8-19-2/h9,11,15H,3-8,10,14H2,1-2H3. The lowest BCUT2D eigenvalue weighted by molar-refractivity contribution is 0.193. The molecule has 0 spiro atoms. The first-order valence-electron chi connectivity index (χ1n) is 6.93. The van der Waals surface area contributed by atoms with Gasteiger partial charge in [0.15, 0.2) is 0 Å². The van der Waals surface area contributed by atoms with E-state index in [1.807, 2.05) is 11.5 Å². The van der Waals surface area contributed by atoms with Crippen molar-refractivity contribution in [3.05, 3.63) is 18.0 Å². The Morgan fingerprint density at radius 3 is 2.75 bits per heavy atom. The smallest absolute Gasteiger partial charge is 0.242 e. The third kappa shape index (κ3) is 4.90. The number of hydrogen-bond donors (Lipinski definition) is 2. The van der Waals surface area contributed by atoms with E-state index in [0.29, 0.717) is 19.7 Å². The van der Waals surface area contributed by atoms with Gasteiger partial charge in [0, 0.05) is 45.2 Å². The molecule has 0 radical (unpaired) electrons. The van der Waals surface area contributed by atoms with E-state index >= 15 is 0 Å². The van der Waals surface area contributed by atoms with E-state index in [1.54, 1.807) is 19.4 Å². The molecule has 20 heavy (non-hydrogen) atoms. The van der Waals surface area contributed by atoms with Crippen molar-refractivity contribution in [3.63, 3.8) is 0 Å². The van der Waals surface area contributed by atoms with Crippen LogP contribution in [0.4, 0.5) is 0 Å². The number of nitrogens with zero attached hydrogens (tertiary/aromatic N) is 1. The Morgan fingerprint density at radius 2 is 2.15 bits per heavy atom. The zero-order chi connectivity index (χ0) is 15.0. The van der Waals surface area contributed by atoms with Crippen LogP contribution in [0.2, 0.25) is 0 Å². The zero-order valence-electron chi connectivity index (χ0n) is 12.3. The largest absolute Gasteiger partial charge is 0.385 e. The number of ether oxygens (including phenoxy) is 1. The van der Waals surface area contributed by atoms with Crippen LogP contribution in [-0.4, -0.2) is 33.2 Å². The number of sulfonamides is 1. The minimum atomic E-state index is -3.44. The summed E-state index contributed by atoms with van der Waals surface area (Å²) >= 11 is 0. The summed E-state index contributed by atoms with van der Waals surface area (Å²) in [5, 5.41) is 0. The fourth-order valence-electron chi connectivity index (χ4n) is 1.95. The first-order chi connectivity index (χ1) is 9.55. The maximum absolute atomic E-state index is 12.2. The van der Waals surface area contributed by atoms with Crippen molar-refractivity contribution < 1.29 is 13.2 Å². The van der Waals surface area contributed by atoms with E-state index in [0.717, 1.165) is 31.5 Å². The minimum absolute atomic E-state index is 0.290. The topological polar surface area (TPSA) is 86.3 Å². The summed E-state index contributed by atoms with van der Waals surface area (Å²) < 4.78 is 33.7. The van der Waals surface area contributed by atoms with E-state index in [9.17, 15) is 8.42 Å². The first-order valence-corrected chi connectivity index (χ1v) is 8.41. The molecule has 0 aliphatic heterocycles. The van der Waals surface area contributed by atoms with E-state index in [1.165, 1.54) is 0 Å². The molecule has 0 fully saturated rings. The lowest BCUT2D eigenvalue weighted by Crippen LogP contribution is -2.24. The van der Waals surface area contributed by atoms with Crippen LogP contribution in [0.3, 0.4) is 0 Å². The fraction of sp³-hybridized carbons (Fsp3) is 0.692. The molecule has 0 saturated carbocycles. The second-order valence-corrected chi connectivity index (χ2v) is 6.43. The lowest BCUT2D eigenvalue weighted by Gasteiger charge is -2.05. The molecule has 1 aromatic rings. The number of nitrogens with two attached hydrogens (primary N) is 1. The third-order valence-electron chi connectivity index (χ3n) is 3.01. The number of methoxy groups -OCH3 is 1. The van der Waals surface area contributed by atoms with Crippen LogP contribution in [0, 0.1) is 0 Å². The normalized spacial score (nSPS) is 11.9. The summed E-state index contributed by atoms with van der Waals surface area (Å²) in [7, 11) is -1.81. The van der Waals surface area contributed by atoms with Gasteiger partial charge in [-0.25, -0.2) is 13.1 Å². The summed E-state index contributed by atoms with van der Waals surface area (Å²) in [5.41, 5.74) is 6.48. The SMILES string of the molecule is CCCn1cc(S(=O)(=O)NCCCCOC)cc1CN. The minimum Gasteiger partial charge on any atom is -0.385 e. The maximum Gasteiger partial charge on any atom is 0.242 e. The number of nitrogens with one attached hydrogen (secondary N) is 1. The van der Waals surface area contributed by atoms with Gasteiger partial charge in [0.25, 0.3) is 0 Å². The van der Waals surface area contributed by atoms with E-state index in [-0.39, 0.29) is 4.90 Å². The highest BCUT2D eigenvalue weighted by Gasteiger charge is 2.17. The van der Waals surface area contributed by atoms with Crippen LogP contribution in [0.15, 0.2) is 17.2 Å². The predicted octanol–water partition coefficient (Wildman–Crippen LogP) is 1.06. The average Bonchev–Trinajstić information content (AvgIpc) is 2.83. The highest BCUT2D eigenvalue weighted by atomic mass is 32.2. The molecule has 116 valence electrons. The summed E-state index contributed by atoms with van der Waals surface area (Å²) in [5.74, 6) is 0. The molecule has 0 bridgehead atoms. The quantitative estimate of drug-likeness (QED) is 0.633. The molecule has 0 atom stereocenters. The Balaban J connectivity index is 2.67. The molecule has 3 N–H and O–H groups in total. The molecule has 1 heterocycles. The van der Waals surface area contributed by atoms with Crippen LogP contribution >= 0.6 is 0 Å². The molecule has 0 aromatic carbocycles. The molecular weight excluding hydrogens is 278 g/mol. The molecule has 1 rings (SSSR count). The van der Waals surface area contributed by atoms with Gasteiger partial charge in [0.2, 0.25) is 10.0 Å². The van der Waals surface area contributed by atoms with Crippen LogP contribution in [0.1, 0.15) is 31.9 Å². The molecule has 0 aliphatic carbocycles. The zero-order valence-corrected chi connectivity index (χ0v) is 13.1. The van der Waals surface area contributed by atoms with Gasteiger partial charge in [-0.3, -0.25) is 0 Å². The lowest BCUT2D eigenvalue weighted by atomic mass is 10.3. The molecular formula is C13H25N3O3S. The van der Waals surface area contributed by atoms with Gasteiger partial charge in [-0.1, -0.05) is 6.92 Å². The van der Waals surface area contributed by atoms with Crippen molar-refractivity contribution in [2.45, 2.75) is 44.2 Å². The molecule has 6 nitrogen and oxygen atoms in total. The molecule has 7 heteroatoms. The van der Waals surface area contributed by atoms with Gasteiger partial charge in [-0.2, -0.15) is 0 Å². The molecule has 0 unspecified atom stereocenters. The van der Waals surface area contributed by atoms with E-state index < -0.39 is 10.0 Å². The second kappa shape index (κ2) is 8.41. The molecule has 0 saturated heterocycles. The Labute approximate surface area is 121 Å². The summed E-state index contributed by atoms with van der Waals surface area (Å²) in [6, 6.07) is 1.65. The van der Waals surface area contributed by atoms with Gasteiger partial charge in [-0.05, 0) is 25.3 Å². The van der Waals surface area contributed by atoms with Crippen molar-refractivity contribution in [2.75, 3.05) is 20.3 Å². The predicted molar refractivity (Wildman–Crippen MR) is 78.9 cm³/mol. The summed E-state index contributed by atoms with van der Waals surface area (Å²) in [6.45, 7) is 4.22. The molecule has 0 aliphatic rings. The number of hydrogen-bond acceptors (Lipinski definition) is 4. The third-order valence-corrected chi connectivity index (χ3v) is 4.44. The molecule has 1 aromatic heterocycles. The first kappa shape index (κ1) is 17.2. The monoisotopic (exact) mass is 303 g/mol. The van der Waals surface area contributed by atoms with Crippen molar-refractivity contribution in [3.8, 4) is 0 Å². The van der Waals surface area contributed by atoms with Crippen molar-refractivity contribution in [1.29, 1.82) is 0 Å². The highest BCUT2D eigenvalue weighted by Crippen LogP contribution is 2.14. The Morgan fingerprint density at radius 1 is 1.40 bits per heavy atom. The number of unbranched alkanes of at least 4 members (excludes halogenated alkanes) is 1. The van der Waals surface area contributed by atoms with Crippen molar-refractivity contribution in [2.24, 2.45) is 5.73 Å². The Hall–Kier alpha value is -0.890. The van der Waals surface area contributed by atoms with Gasteiger partial charge in [0.1, 0.15) is 0 Å². The average molecular weight is 303 g/mol. The van der Waals surface area contributed by atoms with Crippen LogP contribution in [-0.2, 0) is 27.8 Å². The number of aromatic nitrogens is 1. The van der Waals surface area contributed by atoms with Gasteiger partial charge in [-0.15, -0.1) is 0 Å². The number of aryl methyl sites for hydroxylation is 1. The van der Waals surface area contributed by atoms with Crippen LogP contribution in [0.5, 0.6) is 0 Å².